The molecule has 0 aromatic carbocycles. The van der Waals surface area contributed by atoms with E-state index >= 15 is 0 Å². The Labute approximate surface area is 112 Å². The van der Waals surface area contributed by atoms with Crippen molar-refractivity contribution >= 4 is 5.82 Å². The fourth-order valence-corrected chi connectivity index (χ4v) is 1.87. The third-order valence-electron chi connectivity index (χ3n) is 2.78. The highest BCUT2D eigenvalue weighted by Gasteiger charge is 2.04. The maximum absolute atomic E-state index is 12.0. The van der Waals surface area contributed by atoms with E-state index in [9.17, 15) is 4.79 Å². The fourth-order valence-electron chi connectivity index (χ4n) is 1.87. The molecule has 2 rings (SSSR count). The Morgan fingerprint density at radius 2 is 1.95 bits per heavy atom. The van der Waals surface area contributed by atoms with Gasteiger partial charge in [0.25, 0.3) is 0 Å². The molecule has 0 saturated carbocycles. The molecule has 0 bridgehead atoms. The highest BCUT2D eigenvalue weighted by molar-refractivity contribution is 5.30. The number of nitrogens with one attached hydrogen (secondary N) is 1. The van der Waals surface area contributed by atoms with Crippen LogP contribution in [0.25, 0.3) is 0 Å². The first-order chi connectivity index (χ1) is 9.24. The SMILES string of the molecule is CCCn1ccn(Cc2cnc(NCC)cn2)c1=O. The summed E-state index contributed by atoms with van der Waals surface area (Å²) in [5, 5.41) is 3.08. The molecule has 0 aliphatic rings. The number of aryl methyl sites for hydroxylation is 1. The molecule has 1 N–H and O–H groups in total. The van der Waals surface area contributed by atoms with Crippen molar-refractivity contribution in [2.75, 3.05) is 11.9 Å². The summed E-state index contributed by atoms with van der Waals surface area (Å²) in [4.78, 5) is 20.5. The summed E-state index contributed by atoms with van der Waals surface area (Å²) in [6, 6.07) is 0. The Balaban J connectivity index is 2.10. The van der Waals surface area contributed by atoms with Crippen LogP contribution in [-0.4, -0.2) is 25.6 Å². The number of rotatable bonds is 6. The van der Waals surface area contributed by atoms with Crippen LogP contribution >= 0.6 is 0 Å². The average molecular weight is 261 g/mol. The lowest BCUT2D eigenvalue weighted by molar-refractivity contribution is 0.620. The molecule has 0 aliphatic carbocycles. The van der Waals surface area contributed by atoms with Crippen molar-refractivity contribution in [2.45, 2.75) is 33.4 Å². The van der Waals surface area contributed by atoms with Crippen molar-refractivity contribution in [1.29, 1.82) is 0 Å². The standard InChI is InChI=1S/C13H19N5O/c1-3-5-17-6-7-18(13(17)19)10-11-8-16-12(9-15-11)14-4-2/h6-9H,3-5,10H2,1-2H3,(H,14,16). The molecule has 0 radical (unpaired) electrons. The summed E-state index contributed by atoms with van der Waals surface area (Å²) in [7, 11) is 0. The second kappa shape index (κ2) is 6.17. The summed E-state index contributed by atoms with van der Waals surface area (Å²) in [5.74, 6) is 0.752. The van der Waals surface area contributed by atoms with E-state index in [0.717, 1.165) is 31.0 Å². The van der Waals surface area contributed by atoms with Gasteiger partial charge >= 0.3 is 5.69 Å². The third-order valence-corrected chi connectivity index (χ3v) is 2.78. The van der Waals surface area contributed by atoms with E-state index in [4.69, 9.17) is 0 Å². The topological polar surface area (TPSA) is 64.7 Å². The van der Waals surface area contributed by atoms with Gasteiger partial charge in [0, 0.05) is 25.5 Å². The molecule has 2 aromatic heterocycles. The molecule has 6 nitrogen and oxygen atoms in total. The van der Waals surface area contributed by atoms with Crippen LogP contribution in [0.5, 0.6) is 0 Å². The molecule has 0 unspecified atom stereocenters. The lowest BCUT2D eigenvalue weighted by atomic mass is 10.4. The lowest BCUT2D eigenvalue weighted by Gasteiger charge is -2.04. The highest BCUT2D eigenvalue weighted by atomic mass is 16.1. The number of imidazole rings is 1. The van der Waals surface area contributed by atoms with Gasteiger partial charge in [-0.25, -0.2) is 9.78 Å². The summed E-state index contributed by atoms with van der Waals surface area (Å²) in [5.41, 5.74) is 0.775. The second-order valence-corrected chi connectivity index (χ2v) is 4.33. The van der Waals surface area contributed by atoms with Crippen LogP contribution in [0.15, 0.2) is 29.6 Å². The van der Waals surface area contributed by atoms with Gasteiger partial charge in [-0.2, -0.15) is 0 Å². The van der Waals surface area contributed by atoms with Crippen molar-refractivity contribution in [2.24, 2.45) is 0 Å². The molecule has 6 heteroatoms. The van der Waals surface area contributed by atoms with Crippen LogP contribution < -0.4 is 11.0 Å². The van der Waals surface area contributed by atoms with Crippen LogP contribution in [-0.2, 0) is 13.1 Å². The minimum Gasteiger partial charge on any atom is -0.369 e. The lowest BCUT2D eigenvalue weighted by Crippen LogP contribution is -2.24. The monoisotopic (exact) mass is 261 g/mol. The summed E-state index contributed by atoms with van der Waals surface area (Å²) in [6.07, 6.45) is 7.93. The summed E-state index contributed by atoms with van der Waals surface area (Å²) < 4.78 is 3.35. The largest absolute Gasteiger partial charge is 0.369 e. The Hall–Kier alpha value is -2.11. The van der Waals surface area contributed by atoms with Crippen molar-refractivity contribution in [1.82, 2.24) is 19.1 Å². The molecule has 0 saturated heterocycles. The van der Waals surface area contributed by atoms with Crippen LogP contribution in [0.1, 0.15) is 26.0 Å². The molecule has 0 atom stereocenters. The molecule has 0 aliphatic heterocycles. The molecule has 2 aromatic rings. The van der Waals surface area contributed by atoms with Gasteiger partial charge in [0.05, 0.1) is 24.6 Å². The number of hydrogen-bond acceptors (Lipinski definition) is 4. The predicted octanol–water partition coefficient (Wildman–Crippen LogP) is 1.33. The Kier molecular flexibility index (Phi) is 4.33. The van der Waals surface area contributed by atoms with E-state index in [1.54, 1.807) is 27.7 Å². The van der Waals surface area contributed by atoms with E-state index < -0.39 is 0 Å². The second-order valence-electron chi connectivity index (χ2n) is 4.33. The first kappa shape index (κ1) is 13.3. The zero-order valence-electron chi connectivity index (χ0n) is 11.3. The van der Waals surface area contributed by atoms with Crippen molar-refractivity contribution in [3.8, 4) is 0 Å². The van der Waals surface area contributed by atoms with E-state index in [1.165, 1.54) is 0 Å². The van der Waals surface area contributed by atoms with Gasteiger partial charge in [0.15, 0.2) is 0 Å². The molecule has 0 spiro atoms. The molecular formula is C13H19N5O. The van der Waals surface area contributed by atoms with Crippen LogP contribution in [0.2, 0.25) is 0 Å². The van der Waals surface area contributed by atoms with Crippen LogP contribution in [0, 0.1) is 0 Å². The number of nitrogens with zero attached hydrogens (tertiary/aromatic N) is 4. The van der Waals surface area contributed by atoms with Crippen LogP contribution in [0.4, 0.5) is 5.82 Å². The van der Waals surface area contributed by atoms with Crippen molar-refractivity contribution in [3.05, 3.63) is 41.0 Å². The first-order valence-corrected chi connectivity index (χ1v) is 6.55. The zero-order chi connectivity index (χ0) is 13.7. The van der Waals surface area contributed by atoms with Gasteiger partial charge in [-0.15, -0.1) is 0 Å². The van der Waals surface area contributed by atoms with Gasteiger partial charge in [-0.05, 0) is 13.3 Å². The van der Waals surface area contributed by atoms with Gasteiger partial charge in [-0.1, -0.05) is 6.92 Å². The zero-order valence-corrected chi connectivity index (χ0v) is 11.3. The molecule has 0 fully saturated rings. The van der Waals surface area contributed by atoms with Gasteiger partial charge in [0.1, 0.15) is 5.82 Å². The quantitative estimate of drug-likeness (QED) is 0.852. The molecular weight excluding hydrogens is 242 g/mol. The van der Waals surface area contributed by atoms with Crippen molar-refractivity contribution < 1.29 is 0 Å². The number of anilines is 1. The molecule has 0 amide bonds. The van der Waals surface area contributed by atoms with E-state index in [1.807, 2.05) is 13.1 Å². The Morgan fingerprint density at radius 1 is 1.16 bits per heavy atom. The predicted molar refractivity (Wildman–Crippen MR) is 74.3 cm³/mol. The molecule has 19 heavy (non-hydrogen) atoms. The summed E-state index contributed by atoms with van der Waals surface area (Å²) in [6.45, 7) is 6.07. The van der Waals surface area contributed by atoms with E-state index in [2.05, 4.69) is 22.2 Å². The first-order valence-electron chi connectivity index (χ1n) is 6.55. The van der Waals surface area contributed by atoms with Gasteiger partial charge in [0.2, 0.25) is 0 Å². The third kappa shape index (κ3) is 3.21. The minimum absolute atomic E-state index is 0.000547. The van der Waals surface area contributed by atoms with Crippen molar-refractivity contribution in [3.63, 3.8) is 0 Å². The average Bonchev–Trinajstić information content (AvgIpc) is 2.75. The molecule has 102 valence electrons. The minimum atomic E-state index is -0.000547. The summed E-state index contributed by atoms with van der Waals surface area (Å²) >= 11 is 0. The van der Waals surface area contributed by atoms with Gasteiger partial charge < -0.3 is 5.32 Å². The smallest absolute Gasteiger partial charge is 0.328 e. The van der Waals surface area contributed by atoms with E-state index in [0.29, 0.717) is 6.54 Å². The van der Waals surface area contributed by atoms with Crippen LogP contribution in [0.3, 0.4) is 0 Å². The Bertz CT molecular complexity index is 569. The van der Waals surface area contributed by atoms with E-state index in [-0.39, 0.29) is 5.69 Å². The maximum atomic E-state index is 12.0. The van der Waals surface area contributed by atoms with Gasteiger partial charge in [-0.3, -0.25) is 14.1 Å². The number of hydrogen-bond donors (Lipinski definition) is 1. The molecule has 2 heterocycles. The Morgan fingerprint density at radius 3 is 2.58 bits per heavy atom. The fraction of sp³-hybridized carbons (Fsp3) is 0.462. The highest BCUT2D eigenvalue weighted by Crippen LogP contribution is 2.02. The maximum Gasteiger partial charge on any atom is 0.328 e. The number of aromatic nitrogens is 4. The normalized spacial score (nSPS) is 10.6.